The van der Waals surface area contributed by atoms with E-state index in [0.29, 0.717) is 5.92 Å². The number of aromatic nitrogens is 4. The summed E-state index contributed by atoms with van der Waals surface area (Å²) < 4.78 is 7.39. The molecule has 0 radical (unpaired) electrons. The summed E-state index contributed by atoms with van der Waals surface area (Å²) in [4.78, 5) is 23.7. The lowest BCUT2D eigenvalue weighted by Crippen LogP contribution is -2.41. The number of hydrogen-bond acceptors (Lipinski definition) is 5. The zero-order valence-electron chi connectivity index (χ0n) is 24.9. The Labute approximate surface area is 242 Å². The van der Waals surface area contributed by atoms with Crippen LogP contribution in [0.5, 0.6) is 0 Å². The Hall–Kier alpha value is -4.26. The molecule has 1 saturated heterocycles. The molecule has 212 valence electrons. The first-order chi connectivity index (χ1) is 19.7. The Bertz CT molecular complexity index is 1660. The molecule has 7 nitrogen and oxygen atoms in total. The number of benzene rings is 2. The highest BCUT2D eigenvalue weighted by atomic mass is 16.6. The van der Waals surface area contributed by atoms with Crippen LogP contribution in [0.2, 0.25) is 0 Å². The van der Waals surface area contributed by atoms with Gasteiger partial charge in [-0.15, -0.1) is 0 Å². The second-order valence-electron chi connectivity index (χ2n) is 11.4. The summed E-state index contributed by atoms with van der Waals surface area (Å²) in [6, 6.07) is 19.0. The van der Waals surface area contributed by atoms with Crippen molar-refractivity contribution in [2.24, 2.45) is 0 Å². The standard InChI is InChI=1S/C32H33N5O2.C2H6/c1-21-17-27(26-7-5-6-8-29(26)35-21)28-19-34-37-20-25(18-33-30(28)37)23-11-9-22(10-12-23)24-13-15-36(16-14-24)31(38)39-32(2,3)4;1-2/h5-12,17-20,24H,13-16H2,1-4H3;1-2H3. The average Bonchev–Trinajstić information content (AvgIpc) is 3.40. The number of hydrogen-bond donors (Lipinski definition) is 0. The molecule has 4 heterocycles. The number of amides is 1. The fourth-order valence-electron chi connectivity index (χ4n) is 5.41. The zero-order valence-corrected chi connectivity index (χ0v) is 24.9. The highest BCUT2D eigenvalue weighted by Gasteiger charge is 2.27. The van der Waals surface area contributed by atoms with Crippen LogP contribution in [0.3, 0.4) is 0 Å². The molecule has 5 aromatic rings. The largest absolute Gasteiger partial charge is 0.444 e. The van der Waals surface area contributed by atoms with Crippen LogP contribution >= 0.6 is 0 Å². The number of rotatable bonds is 3. The molecule has 41 heavy (non-hydrogen) atoms. The predicted octanol–water partition coefficient (Wildman–Crippen LogP) is 8.06. The maximum Gasteiger partial charge on any atom is 0.410 e. The van der Waals surface area contributed by atoms with Gasteiger partial charge in [0, 0.05) is 47.7 Å². The molecule has 0 aliphatic carbocycles. The Balaban J connectivity index is 0.00000165. The van der Waals surface area contributed by atoms with Gasteiger partial charge in [-0.1, -0.05) is 56.3 Å². The number of likely N-dealkylation sites (tertiary alicyclic amines) is 1. The molecule has 7 heteroatoms. The van der Waals surface area contributed by atoms with Gasteiger partial charge in [0.15, 0.2) is 5.65 Å². The van der Waals surface area contributed by atoms with Crippen LogP contribution in [0.4, 0.5) is 4.79 Å². The van der Waals surface area contributed by atoms with E-state index in [-0.39, 0.29) is 6.09 Å². The van der Waals surface area contributed by atoms with E-state index in [9.17, 15) is 4.79 Å². The van der Waals surface area contributed by atoms with Gasteiger partial charge < -0.3 is 9.64 Å². The van der Waals surface area contributed by atoms with Crippen molar-refractivity contribution < 1.29 is 9.53 Å². The van der Waals surface area contributed by atoms with Crippen molar-refractivity contribution in [1.82, 2.24) is 24.5 Å². The van der Waals surface area contributed by atoms with Crippen LogP contribution in [0.15, 0.2) is 73.2 Å². The van der Waals surface area contributed by atoms with E-state index in [1.54, 1.807) is 0 Å². The number of para-hydroxylation sites is 1. The number of carbonyl (C=O) groups excluding carboxylic acids is 1. The molecule has 0 bridgehead atoms. The summed E-state index contributed by atoms with van der Waals surface area (Å²) in [5, 5.41) is 5.74. The number of aryl methyl sites for hydroxylation is 1. The zero-order chi connectivity index (χ0) is 29.1. The van der Waals surface area contributed by atoms with Crippen molar-refractivity contribution in [3.63, 3.8) is 0 Å². The van der Waals surface area contributed by atoms with Crippen LogP contribution in [-0.4, -0.2) is 49.3 Å². The molecule has 0 saturated carbocycles. The van der Waals surface area contributed by atoms with Gasteiger partial charge in [-0.05, 0) is 75.3 Å². The minimum atomic E-state index is -0.466. The molecule has 0 spiro atoms. The fraction of sp³-hybridized carbons (Fsp3) is 0.353. The molecule has 1 amide bonds. The first-order valence-electron chi connectivity index (χ1n) is 14.5. The Kier molecular flexibility index (Phi) is 8.06. The summed E-state index contributed by atoms with van der Waals surface area (Å²) in [5.74, 6) is 0.436. The molecule has 2 aromatic carbocycles. The Morgan fingerprint density at radius 1 is 0.927 bits per heavy atom. The van der Waals surface area contributed by atoms with Crippen LogP contribution < -0.4 is 0 Å². The van der Waals surface area contributed by atoms with Crippen molar-refractivity contribution in [2.75, 3.05) is 13.1 Å². The van der Waals surface area contributed by atoms with Gasteiger partial charge in [0.1, 0.15) is 5.60 Å². The van der Waals surface area contributed by atoms with E-state index >= 15 is 0 Å². The number of piperidine rings is 1. The lowest BCUT2D eigenvalue weighted by atomic mass is 9.89. The second-order valence-corrected chi connectivity index (χ2v) is 11.4. The maximum atomic E-state index is 12.4. The number of carbonyl (C=O) groups is 1. The first-order valence-corrected chi connectivity index (χ1v) is 14.5. The van der Waals surface area contributed by atoms with Crippen LogP contribution in [0.25, 0.3) is 38.8 Å². The lowest BCUT2D eigenvalue weighted by Gasteiger charge is -2.33. The van der Waals surface area contributed by atoms with E-state index in [2.05, 4.69) is 46.5 Å². The molecule has 3 aromatic heterocycles. The third-order valence-corrected chi connectivity index (χ3v) is 7.35. The third kappa shape index (κ3) is 6.09. The van der Waals surface area contributed by atoms with Gasteiger partial charge in [0.2, 0.25) is 0 Å². The number of ether oxygens (including phenoxy) is 1. The van der Waals surface area contributed by atoms with E-state index in [1.807, 2.05) is 87.7 Å². The van der Waals surface area contributed by atoms with Gasteiger partial charge in [-0.2, -0.15) is 5.10 Å². The van der Waals surface area contributed by atoms with Gasteiger partial charge in [-0.25, -0.2) is 14.3 Å². The molecule has 0 N–H and O–H groups in total. The van der Waals surface area contributed by atoms with Gasteiger partial charge >= 0.3 is 6.09 Å². The summed E-state index contributed by atoms with van der Waals surface area (Å²) in [7, 11) is 0. The van der Waals surface area contributed by atoms with Gasteiger partial charge in [0.25, 0.3) is 0 Å². The van der Waals surface area contributed by atoms with Crippen molar-refractivity contribution in [1.29, 1.82) is 0 Å². The van der Waals surface area contributed by atoms with E-state index in [0.717, 1.165) is 70.4 Å². The van der Waals surface area contributed by atoms with Crippen LogP contribution in [-0.2, 0) is 4.74 Å². The van der Waals surface area contributed by atoms with Crippen molar-refractivity contribution in [2.45, 2.75) is 65.9 Å². The summed E-state index contributed by atoms with van der Waals surface area (Å²) in [5.41, 5.74) is 7.80. The number of nitrogens with zero attached hydrogens (tertiary/aromatic N) is 5. The van der Waals surface area contributed by atoms with Gasteiger partial charge in [-0.3, -0.25) is 4.98 Å². The number of fused-ring (bicyclic) bond motifs is 2. The van der Waals surface area contributed by atoms with Crippen LogP contribution in [0.1, 0.15) is 64.6 Å². The van der Waals surface area contributed by atoms with Crippen molar-refractivity contribution in [3.8, 4) is 22.3 Å². The minimum Gasteiger partial charge on any atom is -0.444 e. The minimum absolute atomic E-state index is 0.215. The molecule has 1 aliphatic heterocycles. The van der Waals surface area contributed by atoms with E-state index in [4.69, 9.17) is 9.72 Å². The Morgan fingerprint density at radius 3 is 2.34 bits per heavy atom. The fourth-order valence-corrected chi connectivity index (χ4v) is 5.41. The highest BCUT2D eigenvalue weighted by Crippen LogP contribution is 2.33. The third-order valence-electron chi connectivity index (χ3n) is 7.35. The quantitative estimate of drug-likeness (QED) is 0.228. The molecule has 1 aliphatic rings. The monoisotopic (exact) mass is 549 g/mol. The van der Waals surface area contributed by atoms with E-state index < -0.39 is 5.60 Å². The van der Waals surface area contributed by atoms with Gasteiger partial charge in [0.05, 0.1) is 11.7 Å². The SMILES string of the molecule is CC.Cc1cc(-c2cnn3cc(-c4ccc(C5CCN(C(=O)OC(C)(C)C)CC5)cc4)cnc23)c2ccccc2n1. The molecule has 0 atom stereocenters. The maximum absolute atomic E-state index is 12.4. The molecule has 1 fully saturated rings. The second kappa shape index (κ2) is 11.7. The predicted molar refractivity (Wildman–Crippen MR) is 165 cm³/mol. The summed E-state index contributed by atoms with van der Waals surface area (Å²) >= 11 is 0. The van der Waals surface area contributed by atoms with Crippen molar-refractivity contribution >= 4 is 22.6 Å². The molecular formula is C34H39N5O2. The average molecular weight is 550 g/mol. The number of pyridine rings is 1. The smallest absolute Gasteiger partial charge is 0.410 e. The summed E-state index contributed by atoms with van der Waals surface area (Å²) in [6.07, 6.45) is 7.51. The molecule has 0 unspecified atom stereocenters. The summed E-state index contributed by atoms with van der Waals surface area (Å²) in [6.45, 7) is 13.2. The normalized spacial score (nSPS) is 14.1. The molecular weight excluding hydrogens is 510 g/mol. The highest BCUT2D eigenvalue weighted by molar-refractivity contribution is 5.98. The van der Waals surface area contributed by atoms with E-state index in [1.165, 1.54) is 5.56 Å². The Morgan fingerprint density at radius 2 is 1.63 bits per heavy atom. The molecule has 6 rings (SSSR count). The van der Waals surface area contributed by atoms with Crippen LogP contribution in [0, 0.1) is 6.92 Å². The topological polar surface area (TPSA) is 72.6 Å². The van der Waals surface area contributed by atoms with Crippen molar-refractivity contribution in [3.05, 3.63) is 84.4 Å². The first kappa shape index (κ1) is 28.3. The lowest BCUT2D eigenvalue weighted by molar-refractivity contribution is 0.0205.